The number of aliphatic hydroxyl groups is 1. The van der Waals surface area contributed by atoms with Gasteiger partial charge < -0.3 is 10.8 Å². The molecule has 18 heavy (non-hydrogen) atoms. The summed E-state index contributed by atoms with van der Waals surface area (Å²) in [4.78, 5) is 2.34. The highest BCUT2D eigenvalue weighted by Crippen LogP contribution is 2.17. The Morgan fingerprint density at radius 1 is 1.28 bits per heavy atom. The number of rotatable bonds is 6. The fourth-order valence-electron chi connectivity index (χ4n) is 1.83. The molecule has 3 N–H and O–H groups in total. The average molecular weight is 250 g/mol. The molecule has 0 aliphatic rings. The lowest BCUT2D eigenvalue weighted by atomic mass is 10.0. The Labute approximate surface area is 111 Å². The quantitative estimate of drug-likeness (QED) is 0.763. The van der Waals surface area contributed by atoms with Crippen molar-refractivity contribution in [3.8, 4) is 0 Å². The number of anilines is 1. The summed E-state index contributed by atoms with van der Waals surface area (Å²) in [6, 6.07) is 8.40. The van der Waals surface area contributed by atoms with Crippen molar-refractivity contribution in [2.45, 2.75) is 52.3 Å². The van der Waals surface area contributed by atoms with Gasteiger partial charge in [0.2, 0.25) is 0 Å². The third kappa shape index (κ3) is 5.07. The molecule has 1 aromatic rings. The summed E-state index contributed by atoms with van der Waals surface area (Å²) in [5, 5.41) is 9.82. The Morgan fingerprint density at radius 3 is 2.39 bits per heavy atom. The lowest BCUT2D eigenvalue weighted by molar-refractivity contribution is 0.0517. The molecule has 0 atom stereocenters. The van der Waals surface area contributed by atoms with Crippen molar-refractivity contribution >= 4 is 5.69 Å². The topological polar surface area (TPSA) is 49.5 Å². The van der Waals surface area contributed by atoms with Crippen molar-refractivity contribution in [3.63, 3.8) is 0 Å². The van der Waals surface area contributed by atoms with Crippen molar-refractivity contribution in [2.75, 3.05) is 12.3 Å². The SMILES string of the molecule is CC(C)N(CCC(C)(C)O)Cc1ccccc1N. The monoisotopic (exact) mass is 250 g/mol. The molecule has 0 heterocycles. The molecule has 0 spiro atoms. The van der Waals surface area contributed by atoms with Gasteiger partial charge in [0, 0.05) is 24.8 Å². The number of hydrogen-bond donors (Lipinski definition) is 2. The molecule has 1 rings (SSSR count). The maximum Gasteiger partial charge on any atom is 0.0603 e. The normalized spacial score (nSPS) is 12.4. The summed E-state index contributed by atoms with van der Waals surface area (Å²) >= 11 is 0. The number of hydrogen-bond acceptors (Lipinski definition) is 3. The maximum atomic E-state index is 9.82. The smallest absolute Gasteiger partial charge is 0.0603 e. The Bertz CT molecular complexity index is 369. The van der Waals surface area contributed by atoms with Gasteiger partial charge in [-0.2, -0.15) is 0 Å². The van der Waals surface area contributed by atoms with Crippen LogP contribution in [0, 0.1) is 0 Å². The van der Waals surface area contributed by atoms with Crippen LogP contribution in [0.2, 0.25) is 0 Å². The lowest BCUT2D eigenvalue weighted by Crippen LogP contribution is -2.35. The van der Waals surface area contributed by atoms with Crippen molar-refractivity contribution in [3.05, 3.63) is 29.8 Å². The predicted octanol–water partition coefficient (Wildman–Crippen LogP) is 2.64. The minimum Gasteiger partial charge on any atom is -0.398 e. The summed E-state index contributed by atoms with van der Waals surface area (Å²) in [7, 11) is 0. The number of nitrogens with two attached hydrogens (primary N) is 1. The molecule has 1 aromatic carbocycles. The van der Waals surface area contributed by atoms with E-state index in [1.807, 2.05) is 32.0 Å². The highest BCUT2D eigenvalue weighted by atomic mass is 16.3. The van der Waals surface area contributed by atoms with E-state index >= 15 is 0 Å². The van der Waals surface area contributed by atoms with E-state index in [0.29, 0.717) is 6.04 Å². The van der Waals surface area contributed by atoms with Crippen LogP contribution in [0.4, 0.5) is 5.69 Å². The van der Waals surface area contributed by atoms with Gasteiger partial charge >= 0.3 is 0 Å². The highest BCUT2D eigenvalue weighted by Gasteiger charge is 2.17. The van der Waals surface area contributed by atoms with Crippen molar-refractivity contribution in [2.24, 2.45) is 0 Å². The fraction of sp³-hybridized carbons (Fsp3) is 0.600. The molecule has 0 fully saturated rings. The summed E-state index contributed by atoms with van der Waals surface area (Å²) in [6.07, 6.45) is 0.762. The van der Waals surface area contributed by atoms with Crippen LogP contribution >= 0.6 is 0 Å². The van der Waals surface area contributed by atoms with E-state index in [1.165, 1.54) is 0 Å². The van der Waals surface area contributed by atoms with Gasteiger partial charge in [-0.15, -0.1) is 0 Å². The Kier molecular flexibility index (Phi) is 5.17. The van der Waals surface area contributed by atoms with Crippen molar-refractivity contribution < 1.29 is 5.11 Å². The van der Waals surface area contributed by atoms with Crippen LogP contribution in [0.3, 0.4) is 0 Å². The van der Waals surface area contributed by atoms with Crippen LogP contribution in [-0.2, 0) is 6.54 Å². The third-order valence-electron chi connectivity index (χ3n) is 3.17. The minimum absolute atomic E-state index is 0.437. The summed E-state index contributed by atoms with van der Waals surface area (Å²) in [5.74, 6) is 0. The molecule has 3 nitrogen and oxygen atoms in total. The zero-order chi connectivity index (χ0) is 13.8. The van der Waals surface area contributed by atoms with E-state index in [9.17, 15) is 5.11 Å². The molecular weight excluding hydrogens is 224 g/mol. The second kappa shape index (κ2) is 6.21. The van der Waals surface area contributed by atoms with Gasteiger partial charge in [-0.25, -0.2) is 0 Å². The van der Waals surface area contributed by atoms with Gasteiger partial charge in [0.25, 0.3) is 0 Å². The average Bonchev–Trinajstić information content (AvgIpc) is 2.24. The first kappa shape index (κ1) is 15.0. The molecule has 0 aromatic heterocycles. The van der Waals surface area contributed by atoms with Crippen molar-refractivity contribution in [1.29, 1.82) is 0 Å². The van der Waals surface area contributed by atoms with Gasteiger partial charge in [0.1, 0.15) is 0 Å². The standard InChI is InChI=1S/C15H26N2O/c1-12(2)17(10-9-15(3,4)18)11-13-7-5-6-8-14(13)16/h5-8,12,18H,9-11,16H2,1-4H3. The molecule has 0 unspecified atom stereocenters. The van der Waals surface area contributed by atoms with Gasteiger partial charge in [0.15, 0.2) is 0 Å². The van der Waals surface area contributed by atoms with Crippen LogP contribution in [0.15, 0.2) is 24.3 Å². The molecule has 0 bridgehead atoms. The van der Waals surface area contributed by atoms with Gasteiger partial charge in [0.05, 0.1) is 5.60 Å². The lowest BCUT2D eigenvalue weighted by Gasteiger charge is -2.29. The Balaban J connectivity index is 2.67. The zero-order valence-electron chi connectivity index (χ0n) is 12.0. The molecule has 0 saturated carbocycles. The highest BCUT2D eigenvalue weighted by molar-refractivity contribution is 5.46. The second-order valence-electron chi connectivity index (χ2n) is 5.83. The van der Waals surface area contributed by atoms with Gasteiger partial charge in [-0.3, -0.25) is 4.90 Å². The fourth-order valence-corrected chi connectivity index (χ4v) is 1.83. The summed E-state index contributed by atoms with van der Waals surface area (Å²) in [5.41, 5.74) is 7.35. The number of para-hydroxylation sites is 1. The summed E-state index contributed by atoms with van der Waals surface area (Å²) < 4.78 is 0. The molecule has 0 aliphatic heterocycles. The molecule has 0 aliphatic carbocycles. The van der Waals surface area contributed by atoms with Crippen LogP contribution in [-0.4, -0.2) is 28.2 Å². The molecule has 0 radical (unpaired) electrons. The number of nitrogens with zero attached hydrogens (tertiary/aromatic N) is 1. The molecule has 0 saturated heterocycles. The van der Waals surface area contributed by atoms with Crippen LogP contribution < -0.4 is 5.73 Å². The van der Waals surface area contributed by atoms with E-state index in [2.05, 4.69) is 24.8 Å². The first-order valence-corrected chi connectivity index (χ1v) is 6.59. The van der Waals surface area contributed by atoms with Crippen LogP contribution in [0.25, 0.3) is 0 Å². The second-order valence-corrected chi connectivity index (χ2v) is 5.83. The Morgan fingerprint density at radius 2 is 1.89 bits per heavy atom. The number of benzene rings is 1. The first-order chi connectivity index (χ1) is 8.29. The summed E-state index contributed by atoms with van der Waals surface area (Å²) in [6.45, 7) is 9.74. The molecular formula is C15H26N2O. The predicted molar refractivity (Wildman–Crippen MR) is 77.3 cm³/mol. The minimum atomic E-state index is -0.616. The zero-order valence-corrected chi connectivity index (χ0v) is 12.0. The van der Waals surface area contributed by atoms with E-state index in [0.717, 1.165) is 30.8 Å². The third-order valence-corrected chi connectivity index (χ3v) is 3.17. The van der Waals surface area contributed by atoms with Gasteiger partial charge in [-0.05, 0) is 45.7 Å². The Hall–Kier alpha value is -1.06. The first-order valence-electron chi connectivity index (χ1n) is 6.59. The van der Waals surface area contributed by atoms with E-state index in [1.54, 1.807) is 0 Å². The molecule has 0 amide bonds. The van der Waals surface area contributed by atoms with Crippen LogP contribution in [0.1, 0.15) is 39.7 Å². The molecule has 102 valence electrons. The van der Waals surface area contributed by atoms with E-state index in [4.69, 9.17) is 5.73 Å². The van der Waals surface area contributed by atoms with Crippen molar-refractivity contribution in [1.82, 2.24) is 4.90 Å². The van der Waals surface area contributed by atoms with E-state index in [-0.39, 0.29) is 0 Å². The largest absolute Gasteiger partial charge is 0.398 e. The molecule has 3 heteroatoms. The maximum absolute atomic E-state index is 9.82. The van der Waals surface area contributed by atoms with E-state index < -0.39 is 5.60 Å². The van der Waals surface area contributed by atoms with Crippen LogP contribution in [0.5, 0.6) is 0 Å². The van der Waals surface area contributed by atoms with Gasteiger partial charge in [-0.1, -0.05) is 18.2 Å². The number of nitrogen functional groups attached to an aromatic ring is 1.